The number of benzene rings is 2. The SMILES string of the molecule is CC(C)C[C@H](NC(=O)Cc1cc2ccccc2s1)C(=O)NCCCCNS(=O)(=O)c1ccc(Cl)cc1Cl. The van der Waals surface area contributed by atoms with Crippen LogP contribution in [0, 0.1) is 5.92 Å². The first-order valence-electron chi connectivity index (χ1n) is 12.0. The van der Waals surface area contributed by atoms with Gasteiger partial charge in [-0.3, -0.25) is 9.59 Å². The van der Waals surface area contributed by atoms with Crippen molar-refractivity contribution in [2.45, 2.75) is 50.5 Å². The highest BCUT2D eigenvalue weighted by atomic mass is 35.5. The molecule has 0 saturated carbocycles. The number of sulfonamides is 1. The van der Waals surface area contributed by atoms with Crippen LogP contribution in [0.2, 0.25) is 10.0 Å². The van der Waals surface area contributed by atoms with Gasteiger partial charge >= 0.3 is 0 Å². The fourth-order valence-corrected chi connectivity index (χ4v) is 6.70. The van der Waals surface area contributed by atoms with Gasteiger partial charge in [0.25, 0.3) is 0 Å². The molecule has 1 aromatic heterocycles. The van der Waals surface area contributed by atoms with Gasteiger partial charge < -0.3 is 10.6 Å². The second-order valence-corrected chi connectivity index (χ2v) is 12.9. The summed E-state index contributed by atoms with van der Waals surface area (Å²) < 4.78 is 28.5. The zero-order valence-corrected chi connectivity index (χ0v) is 23.9. The number of unbranched alkanes of at least 4 members (excludes halogenated alkanes) is 1. The van der Waals surface area contributed by atoms with E-state index in [0.717, 1.165) is 15.0 Å². The second-order valence-electron chi connectivity index (χ2n) is 9.15. The number of rotatable bonds is 13. The summed E-state index contributed by atoms with van der Waals surface area (Å²) in [6, 6.07) is 13.5. The quantitative estimate of drug-likeness (QED) is 0.242. The van der Waals surface area contributed by atoms with E-state index in [2.05, 4.69) is 15.4 Å². The van der Waals surface area contributed by atoms with Crippen molar-refractivity contribution in [3.63, 3.8) is 0 Å². The maximum Gasteiger partial charge on any atom is 0.242 e. The van der Waals surface area contributed by atoms with Gasteiger partial charge in [-0.05, 0) is 60.9 Å². The Morgan fingerprint density at radius 3 is 2.43 bits per heavy atom. The Hall–Kier alpha value is -2.17. The van der Waals surface area contributed by atoms with Crippen LogP contribution in [-0.2, 0) is 26.0 Å². The van der Waals surface area contributed by atoms with Crippen molar-refractivity contribution < 1.29 is 18.0 Å². The second kappa shape index (κ2) is 13.6. The maximum atomic E-state index is 12.8. The molecule has 200 valence electrons. The Balaban J connectivity index is 1.44. The number of amides is 2. The molecule has 0 saturated heterocycles. The molecule has 0 bridgehead atoms. The molecule has 0 radical (unpaired) electrons. The predicted octanol–water partition coefficient (Wildman–Crippen LogP) is 5.16. The summed E-state index contributed by atoms with van der Waals surface area (Å²) in [6.07, 6.45) is 1.81. The lowest BCUT2D eigenvalue weighted by Crippen LogP contribution is -2.48. The fourth-order valence-electron chi connectivity index (χ4n) is 3.79. The Morgan fingerprint density at radius 2 is 1.73 bits per heavy atom. The van der Waals surface area contributed by atoms with Crippen LogP contribution in [-0.4, -0.2) is 39.4 Å². The number of hydrogen-bond acceptors (Lipinski definition) is 5. The lowest BCUT2D eigenvalue weighted by Gasteiger charge is -2.20. The maximum absolute atomic E-state index is 12.8. The summed E-state index contributed by atoms with van der Waals surface area (Å²) in [6.45, 7) is 4.55. The van der Waals surface area contributed by atoms with Crippen molar-refractivity contribution in [2.75, 3.05) is 13.1 Å². The minimum Gasteiger partial charge on any atom is -0.354 e. The number of nitrogens with one attached hydrogen (secondary N) is 3. The fraction of sp³-hybridized carbons (Fsp3) is 0.385. The summed E-state index contributed by atoms with van der Waals surface area (Å²) in [4.78, 5) is 26.4. The average molecular weight is 585 g/mol. The molecule has 7 nitrogen and oxygen atoms in total. The molecule has 0 fully saturated rings. The van der Waals surface area contributed by atoms with Gasteiger partial charge in [0.2, 0.25) is 21.8 Å². The minimum atomic E-state index is -3.76. The Bertz CT molecular complexity index is 1310. The lowest BCUT2D eigenvalue weighted by molar-refractivity contribution is -0.129. The summed E-state index contributed by atoms with van der Waals surface area (Å²) in [7, 11) is -3.76. The van der Waals surface area contributed by atoms with E-state index in [-0.39, 0.29) is 40.6 Å². The summed E-state index contributed by atoms with van der Waals surface area (Å²) in [5.74, 6) is -0.219. The Morgan fingerprint density at radius 1 is 1.00 bits per heavy atom. The number of fused-ring (bicyclic) bond motifs is 1. The van der Waals surface area contributed by atoms with Gasteiger partial charge in [0, 0.05) is 27.7 Å². The van der Waals surface area contributed by atoms with Crippen LogP contribution in [0.4, 0.5) is 0 Å². The van der Waals surface area contributed by atoms with Gasteiger partial charge in [-0.25, -0.2) is 13.1 Å². The van der Waals surface area contributed by atoms with Crippen molar-refractivity contribution in [3.8, 4) is 0 Å². The third-order valence-corrected chi connectivity index (χ3v) is 8.84. The summed E-state index contributed by atoms with van der Waals surface area (Å²) >= 11 is 13.4. The first kappa shape index (κ1) is 29.4. The highest BCUT2D eigenvalue weighted by Gasteiger charge is 2.22. The van der Waals surface area contributed by atoms with E-state index in [1.807, 2.05) is 44.2 Å². The summed E-state index contributed by atoms with van der Waals surface area (Å²) in [5.41, 5.74) is 0. The van der Waals surface area contributed by atoms with Gasteiger partial charge in [-0.2, -0.15) is 0 Å². The van der Waals surface area contributed by atoms with Crippen LogP contribution in [0.25, 0.3) is 10.1 Å². The molecule has 3 N–H and O–H groups in total. The van der Waals surface area contributed by atoms with Crippen LogP contribution in [0.1, 0.15) is 38.0 Å². The minimum absolute atomic E-state index is 0.0326. The molecular formula is C26H31Cl2N3O4S2. The molecule has 37 heavy (non-hydrogen) atoms. The standard InChI is InChI=1S/C26H31Cl2N3O4S2/c1-17(2)13-22(31-25(32)16-20-14-18-7-3-4-8-23(18)36-20)26(33)29-11-5-6-12-30-37(34,35)24-10-9-19(27)15-21(24)28/h3-4,7-10,14-15,17,22,30H,5-6,11-13,16H2,1-2H3,(H,29,33)(H,31,32)/t22-/m0/s1. The van der Waals surface area contributed by atoms with Gasteiger partial charge in [0.15, 0.2) is 0 Å². The zero-order valence-electron chi connectivity index (χ0n) is 20.7. The number of hydrogen-bond donors (Lipinski definition) is 3. The Labute approximate surface area is 232 Å². The highest BCUT2D eigenvalue weighted by molar-refractivity contribution is 7.89. The number of carbonyl (C=O) groups is 2. The van der Waals surface area contributed by atoms with E-state index in [0.29, 0.717) is 30.8 Å². The lowest BCUT2D eigenvalue weighted by atomic mass is 10.0. The van der Waals surface area contributed by atoms with Crippen LogP contribution in [0.5, 0.6) is 0 Å². The van der Waals surface area contributed by atoms with Crippen LogP contribution >= 0.6 is 34.5 Å². The van der Waals surface area contributed by atoms with E-state index in [4.69, 9.17) is 23.2 Å². The van der Waals surface area contributed by atoms with E-state index in [9.17, 15) is 18.0 Å². The molecule has 11 heteroatoms. The van der Waals surface area contributed by atoms with Gasteiger partial charge in [0.05, 0.1) is 11.4 Å². The monoisotopic (exact) mass is 583 g/mol. The molecule has 3 rings (SSSR count). The largest absolute Gasteiger partial charge is 0.354 e. The van der Waals surface area contributed by atoms with Gasteiger partial charge in [-0.15, -0.1) is 11.3 Å². The smallest absolute Gasteiger partial charge is 0.242 e. The van der Waals surface area contributed by atoms with Gasteiger partial charge in [-0.1, -0.05) is 55.2 Å². The van der Waals surface area contributed by atoms with Crippen molar-refractivity contribution in [1.82, 2.24) is 15.4 Å². The van der Waals surface area contributed by atoms with Crippen LogP contribution in [0.15, 0.2) is 53.4 Å². The van der Waals surface area contributed by atoms with E-state index >= 15 is 0 Å². The first-order valence-corrected chi connectivity index (χ1v) is 15.1. The summed E-state index contributed by atoms with van der Waals surface area (Å²) in [5, 5.41) is 7.25. The van der Waals surface area contributed by atoms with Crippen molar-refractivity contribution in [1.29, 1.82) is 0 Å². The molecule has 2 amide bonds. The van der Waals surface area contributed by atoms with Crippen molar-refractivity contribution in [3.05, 3.63) is 63.5 Å². The highest BCUT2D eigenvalue weighted by Crippen LogP contribution is 2.26. The average Bonchev–Trinajstić information content (AvgIpc) is 3.22. The van der Waals surface area contributed by atoms with Crippen molar-refractivity contribution >= 4 is 66.5 Å². The van der Waals surface area contributed by atoms with Crippen LogP contribution in [0.3, 0.4) is 0 Å². The zero-order chi connectivity index (χ0) is 27.0. The predicted molar refractivity (Wildman–Crippen MR) is 151 cm³/mol. The van der Waals surface area contributed by atoms with E-state index in [1.165, 1.54) is 18.2 Å². The molecule has 2 aromatic carbocycles. The molecule has 1 atom stereocenters. The molecule has 0 unspecified atom stereocenters. The third-order valence-electron chi connectivity index (χ3n) is 5.55. The topological polar surface area (TPSA) is 104 Å². The molecule has 0 aliphatic rings. The number of carbonyl (C=O) groups excluding carboxylic acids is 2. The van der Waals surface area contributed by atoms with E-state index in [1.54, 1.807) is 11.3 Å². The Kier molecular flexibility index (Phi) is 10.8. The number of halogens is 2. The molecule has 0 spiro atoms. The first-order chi connectivity index (χ1) is 17.5. The molecular weight excluding hydrogens is 553 g/mol. The molecule has 0 aliphatic heterocycles. The molecule has 1 heterocycles. The third kappa shape index (κ3) is 8.97. The molecule has 0 aliphatic carbocycles. The van der Waals surface area contributed by atoms with Crippen molar-refractivity contribution in [2.24, 2.45) is 5.92 Å². The van der Waals surface area contributed by atoms with Gasteiger partial charge in [0.1, 0.15) is 10.9 Å². The molecule has 3 aromatic rings. The van der Waals surface area contributed by atoms with Crippen LogP contribution < -0.4 is 15.4 Å². The van der Waals surface area contributed by atoms with E-state index < -0.39 is 16.1 Å². The normalized spacial score (nSPS) is 12.6. The number of thiophene rings is 1.